The lowest BCUT2D eigenvalue weighted by Gasteiger charge is -2.21. The molecule has 27 heavy (non-hydrogen) atoms. The average molecular weight is 380 g/mol. The quantitative estimate of drug-likeness (QED) is 0.815. The van der Waals surface area contributed by atoms with Crippen LogP contribution in [0.3, 0.4) is 0 Å². The SMILES string of the molecule is CC(C)(C)OC(=O)c1ccc(C(F)(F)F)cc1C(=O)NCc1ccncc1. The van der Waals surface area contributed by atoms with Crippen molar-refractivity contribution in [2.75, 3.05) is 0 Å². The third-order valence-electron chi connectivity index (χ3n) is 3.41. The molecular formula is C19H19F3N2O3. The molecule has 0 aliphatic carbocycles. The highest BCUT2D eigenvalue weighted by Crippen LogP contribution is 2.31. The number of nitrogens with one attached hydrogen (secondary N) is 1. The lowest BCUT2D eigenvalue weighted by molar-refractivity contribution is -0.137. The van der Waals surface area contributed by atoms with Gasteiger partial charge in [-0.25, -0.2) is 4.79 Å². The molecule has 144 valence electrons. The van der Waals surface area contributed by atoms with Gasteiger partial charge in [0.1, 0.15) is 5.60 Å². The molecule has 2 rings (SSSR count). The van der Waals surface area contributed by atoms with E-state index in [1.807, 2.05) is 0 Å². The van der Waals surface area contributed by atoms with E-state index in [2.05, 4.69) is 10.3 Å². The molecule has 0 atom stereocenters. The number of halogens is 3. The normalized spacial score (nSPS) is 11.8. The second kappa shape index (κ2) is 7.77. The van der Waals surface area contributed by atoms with E-state index >= 15 is 0 Å². The molecule has 0 spiro atoms. The van der Waals surface area contributed by atoms with Crippen LogP contribution in [0.1, 0.15) is 52.6 Å². The molecule has 1 aromatic carbocycles. The van der Waals surface area contributed by atoms with Gasteiger partial charge in [-0.2, -0.15) is 13.2 Å². The predicted octanol–water partition coefficient (Wildman–Crippen LogP) is 3.99. The van der Waals surface area contributed by atoms with Gasteiger partial charge >= 0.3 is 12.1 Å². The number of carbonyl (C=O) groups is 2. The van der Waals surface area contributed by atoms with E-state index in [1.54, 1.807) is 32.9 Å². The summed E-state index contributed by atoms with van der Waals surface area (Å²) in [5.74, 6) is -1.68. The van der Waals surface area contributed by atoms with Crippen LogP contribution in [0.15, 0.2) is 42.7 Å². The first-order valence-corrected chi connectivity index (χ1v) is 8.09. The van der Waals surface area contributed by atoms with Crippen molar-refractivity contribution in [2.24, 2.45) is 0 Å². The van der Waals surface area contributed by atoms with Gasteiger partial charge in [0, 0.05) is 18.9 Å². The summed E-state index contributed by atoms with van der Waals surface area (Å²) < 4.78 is 44.3. The summed E-state index contributed by atoms with van der Waals surface area (Å²) in [5, 5.41) is 2.51. The van der Waals surface area contributed by atoms with Crippen LogP contribution in [0.25, 0.3) is 0 Å². The smallest absolute Gasteiger partial charge is 0.416 e. The molecule has 1 N–H and O–H groups in total. The molecule has 0 saturated carbocycles. The third kappa shape index (κ3) is 5.80. The van der Waals surface area contributed by atoms with Crippen molar-refractivity contribution in [2.45, 2.75) is 39.1 Å². The van der Waals surface area contributed by atoms with E-state index in [0.717, 1.165) is 12.1 Å². The summed E-state index contributed by atoms with van der Waals surface area (Å²) >= 11 is 0. The highest BCUT2D eigenvalue weighted by molar-refractivity contribution is 6.05. The molecule has 0 radical (unpaired) electrons. The maximum absolute atomic E-state index is 13.0. The molecular weight excluding hydrogens is 361 g/mol. The fourth-order valence-electron chi connectivity index (χ4n) is 2.20. The van der Waals surface area contributed by atoms with Gasteiger partial charge in [-0.1, -0.05) is 0 Å². The lowest BCUT2D eigenvalue weighted by Crippen LogP contribution is -2.29. The number of rotatable bonds is 4. The molecule has 5 nitrogen and oxygen atoms in total. The Morgan fingerprint density at radius 3 is 2.22 bits per heavy atom. The Bertz CT molecular complexity index is 828. The van der Waals surface area contributed by atoms with E-state index in [0.29, 0.717) is 11.6 Å². The lowest BCUT2D eigenvalue weighted by atomic mass is 10.0. The van der Waals surface area contributed by atoms with Crippen molar-refractivity contribution in [1.29, 1.82) is 0 Å². The fraction of sp³-hybridized carbons (Fsp3) is 0.316. The van der Waals surface area contributed by atoms with E-state index in [9.17, 15) is 22.8 Å². The fourth-order valence-corrected chi connectivity index (χ4v) is 2.20. The summed E-state index contributed by atoms with van der Waals surface area (Å²) in [4.78, 5) is 28.7. The number of aromatic nitrogens is 1. The Balaban J connectivity index is 2.34. The zero-order chi connectivity index (χ0) is 20.2. The number of pyridine rings is 1. The first-order valence-electron chi connectivity index (χ1n) is 8.09. The standard InChI is InChI=1S/C19H19F3N2O3/c1-18(2,3)27-17(26)14-5-4-13(19(20,21)22)10-15(14)16(25)24-11-12-6-8-23-9-7-12/h4-10H,11H2,1-3H3,(H,24,25). The Hall–Kier alpha value is -2.90. The summed E-state index contributed by atoms with van der Waals surface area (Å²) in [6.07, 6.45) is -1.59. The molecule has 8 heteroatoms. The second-order valence-electron chi connectivity index (χ2n) is 6.80. The number of alkyl halides is 3. The van der Waals surface area contributed by atoms with E-state index < -0.39 is 34.8 Å². The van der Waals surface area contributed by atoms with Crippen molar-refractivity contribution in [3.8, 4) is 0 Å². The monoisotopic (exact) mass is 380 g/mol. The second-order valence-corrected chi connectivity index (χ2v) is 6.80. The zero-order valence-corrected chi connectivity index (χ0v) is 15.1. The van der Waals surface area contributed by atoms with Gasteiger partial charge in [0.15, 0.2) is 0 Å². The third-order valence-corrected chi connectivity index (χ3v) is 3.41. The summed E-state index contributed by atoms with van der Waals surface area (Å²) in [6, 6.07) is 5.67. The molecule has 1 aromatic heterocycles. The van der Waals surface area contributed by atoms with Gasteiger partial charge in [0.25, 0.3) is 5.91 Å². The number of benzene rings is 1. The Labute approximate surface area is 154 Å². The van der Waals surface area contributed by atoms with E-state index in [1.165, 1.54) is 12.4 Å². The van der Waals surface area contributed by atoms with Crippen molar-refractivity contribution < 1.29 is 27.5 Å². The molecule has 0 aliphatic rings. The van der Waals surface area contributed by atoms with E-state index in [-0.39, 0.29) is 12.1 Å². The van der Waals surface area contributed by atoms with Crippen LogP contribution < -0.4 is 5.32 Å². The maximum atomic E-state index is 13.0. The largest absolute Gasteiger partial charge is 0.456 e. The van der Waals surface area contributed by atoms with Crippen LogP contribution in [0.5, 0.6) is 0 Å². The molecule has 1 heterocycles. The minimum Gasteiger partial charge on any atom is -0.456 e. The molecule has 0 bridgehead atoms. The van der Waals surface area contributed by atoms with Crippen LogP contribution in [0.2, 0.25) is 0 Å². The van der Waals surface area contributed by atoms with Gasteiger partial charge < -0.3 is 10.1 Å². The number of hydrogen-bond donors (Lipinski definition) is 1. The van der Waals surface area contributed by atoms with Crippen LogP contribution in [0.4, 0.5) is 13.2 Å². The Morgan fingerprint density at radius 2 is 1.67 bits per heavy atom. The number of amides is 1. The van der Waals surface area contributed by atoms with Gasteiger partial charge in [-0.05, 0) is 56.7 Å². The van der Waals surface area contributed by atoms with Crippen molar-refractivity contribution >= 4 is 11.9 Å². The predicted molar refractivity (Wildman–Crippen MR) is 92.0 cm³/mol. The minimum absolute atomic E-state index is 0.0748. The summed E-state index contributed by atoms with van der Waals surface area (Å²) in [6.45, 7) is 4.94. The van der Waals surface area contributed by atoms with Gasteiger partial charge in [-0.15, -0.1) is 0 Å². The number of ether oxygens (including phenoxy) is 1. The zero-order valence-electron chi connectivity index (χ0n) is 15.1. The Kier molecular flexibility index (Phi) is 5.88. The summed E-state index contributed by atoms with van der Waals surface area (Å²) in [7, 11) is 0. The topological polar surface area (TPSA) is 68.3 Å². The van der Waals surface area contributed by atoms with Gasteiger partial charge in [-0.3, -0.25) is 9.78 Å². The number of esters is 1. The van der Waals surface area contributed by atoms with Gasteiger partial charge in [0.05, 0.1) is 16.7 Å². The summed E-state index contributed by atoms with van der Waals surface area (Å²) in [5.41, 5.74) is -1.80. The maximum Gasteiger partial charge on any atom is 0.416 e. The highest BCUT2D eigenvalue weighted by atomic mass is 19.4. The van der Waals surface area contributed by atoms with Crippen LogP contribution in [-0.4, -0.2) is 22.5 Å². The van der Waals surface area contributed by atoms with Gasteiger partial charge in [0.2, 0.25) is 0 Å². The first-order chi connectivity index (χ1) is 12.5. The first kappa shape index (κ1) is 20.4. The molecule has 0 unspecified atom stereocenters. The number of nitrogens with zero attached hydrogens (tertiary/aromatic N) is 1. The van der Waals surface area contributed by atoms with E-state index in [4.69, 9.17) is 4.74 Å². The van der Waals surface area contributed by atoms with Crippen LogP contribution >= 0.6 is 0 Å². The van der Waals surface area contributed by atoms with Crippen LogP contribution in [0, 0.1) is 0 Å². The van der Waals surface area contributed by atoms with Crippen molar-refractivity contribution in [1.82, 2.24) is 10.3 Å². The molecule has 0 saturated heterocycles. The number of carbonyl (C=O) groups excluding carboxylic acids is 2. The molecule has 1 amide bonds. The molecule has 0 fully saturated rings. The Morgan fingerprint density at radius 1 is 1.04 bits per heavy atom. The highest BCUT2D eigenvalue weighted by Gasteiger charge is 2.33. The molecule has 2 aromatic rings. The van der Waals surface area contributed by atoms with Crippen molar-refractivity contribution in [3.63, 3.8) is 0 Å². The molecule has 0 aliphatic heterocycles. The van der Waals surface area contributed by atoms with Crippen molar-refractivity contribution in [3.05, 3.63) is 65.0 Å². The number of hydrogen-bond acceptors (Lipinski definition) is 4. The average Bonchev–Trinajstić information content (AvgIpc) is 2.57. The van der Waals surface area contributed by atoms with Crippen LogP contribution in [-0.2, 0) is 17.5 Å². The minimum atomic E-state index is -4.65.